The van der Waals surface area contributed by atoms with E-state index < -0.39 is 22.5 Å². The summed E-state index contributed by atoms with van der Waals surface area (Å²) in [5.41, 5.74) is 1.65. The molecule has 10 nitrogen and oxygen atoms in total. The van der Waals surface area contributed by atoms with Crippen LogP contribution in [0.3, 0.4) is 0 Å². The van der Waals surface area contributed by atoms with Crippen molar-refractivity contribution in [3.8, 4) is 5.69 Å². The summed E-state index contributed by atoms with van der Waals surface area (Å²) in [4.78, 5) is 51.6. The lowest BCUT2D eigenvalue weighted by Gasteiger charge is -2.13. The molecule has 1 aromatic carbocycles. The third kappa shape index (κ3) is 2.59. The van der Waals surface area contributed by atoms with Gasteiger partial charge >= 0.3 is 11.4 Å². The SMILES string of the molecule is Cn1c(=O)c2c3c(oc2n(C)c1=O)Cc1c(c2c(=O)n(C)c(=O)n(C)c2n1-c1ccccc1)C=C3. The Hall–Kier alpha value is -4.60. The Morgan fingerprint density at radius 2 is 1.31 bits per heavy atom. The molecular weight excluding hydrogens is 450 g/mol. The van der Waals surface area contributed by atoms with Crippen molar-refractivity contribution in [3.05, 3.63) is 94.6 Å². The highest BCUT2D eigenvalue weighted by molar-refractivity contribution is 5.97. The summed E-state index contributed by atoms with van der Waals surface area (Å²) in [5.74, 6) is 0.495. The van der Waals surface area contributed by atoms with Crippen LogP contribution in [0.2, 0.25) is 0 Å². The van der Waals surface area contributed by atoms with Crippen LogP contribution in [-0.2, 0) is 34.6 Å². The number of hydrogen-bond donors (Lipinski definition) is 0. The molecule has 5 aromatic rings. The van der Waals surface area contributed by atoms with Gasteiger partial charge in [0, 0.05) is 57.1 Å². The number of fused-ring (bicyclic) bond motifs is 6. The number of rotatable bonds is 1. The molecule has 0 spiro atoms. The lowest BCUT2D eigenvalue weighted by molar-refractivity contribution is 0.523. The van der Waals surface area contributed by atoms with E-state index in [9.17, 15) is 19.2 Å². The number of nitrogens with zero attached hydrogens (tertiary/aromatic N) is 5. The minimum absolute atomic E-state index is 0.196. The van der Waals surface area contributed by atoms with E-state index in [2.05, 4.69) is 0 Å². The van der Waals surface area contributed by atoms with Gasteiger partial charge in [-0.15, -0.1) is 0 Å². The molecule has 10 heteroatoms. The van der Waals surface area contributed by atoms with Crippen molar-refractivity contribution in [2.75, 3.05) is 0 Å². The summed E-state index contributed by atoms with van der Waals surface area (Å²) in [6.07, 6.45) is 3.77. The van der Waals surface area contributed by atoms with Crippen molar-refractivity contribution in [1.29, 1.82) is 0 Å². The van der Waals surface area contributed by atoms with Gasteiger partial charge in [-0.3, -0.25) is 32.4 Å². The highest BCUT2D eigenvalue weighted by Crippen LogP contribution is 2.36. The predicted octanol–water partition coefficient (Wildman–Crippen LogP) is 1.25. The molecule has 0 saturated carbocycles. The molecule has 0 radical (unpaired) electrons. The molecule has 6 rings (SSSR count). The number of para-hydroxylation sites is 1. The molecule has 0 saturated heterocycles. The molecule has 0 atom stereocenters. The molecule has 35 heavy (non-hydrogen) atoms. The molecule has 0 fully saturated rings. The zero-order chi connectivity index (χ0) is 24.8. The van der Waals surface area contributed by atoms with E-state index in [4.69, 9.17) is 4.42 Å². The minimum Gasteiger partial charge on any atom is -0.443 e. The largest absolute Gasteiger partial charge is 0.443 e. The lowest BCUT2D eigenvalue weighted by Crippen LogP contribution is -2.37. The van der Waals surface area contributed by atoms with Crippen LogP contribution in [0.1, 0.15) is 22.6 Å². The zero-order valence-electron chi connectivity index (χ0n) is 19.5. The average molecular weight is 471 g/mol. The van der Waals surface area contributed by atoms with E-state index in [0.717, 1.165) is 20.5 Å². The van der Waals surface area contributed by atoms with Gasteiger partial charge in [0.25, 0.3) is 11.1 Å². The van der Waals surface area contributed by atoms with Crippen molar-refractivity contribution in [2.45, 2.75) is 6.42 Å². The first-order valence-electron chi connectivity index (χ1n) is 11.0. The highest BCUT2D eigenvalue weighted by atomic mass is 16.3. The normalized spacial score (nSPS) is 12.8. The quantitative estimate of drug-likeness (QED) is 0.359. The van der Waals surface area contributed by atoms with Gasteiger partial charge in [0.05, 0.1) is 5.39 Å². The van der Waals surface area contributed by atoms with Crippen molar-refractivity contribution in [3.63, 3.8) is 0 Å². The second-order valence-corrected chi connectivity index (χ2v) is 8.77. The summed E-state index contributed by atoms with van der Waals surface area (Å²) in [6, 6.07) is 9.45. The van der Waals surface area contributed by atoms with Crippen LogP contribution >= 0.6 is 0 Å². The Morgan fingerprint density at radius 1 is 0.714 bits per heavy atom. The fraction of sp³-hybridized carbons (Fsp3) is 0.200. The van der Waals surface area contributed by atoms with Gasteiger partial charge in [0.15, 0.2) is 0 Å². The molecule has 0 amide bonds. The van der Waals surface area contributed by atoms with E-state index in [1.54, 1.807) is 26.2 Å². The van der Waals surface area contributed by atoms with Crippen molar-refractivity contribution in [2.24, 2.45) is 28.2 Å². The van der Waals surface area contributed by atoms with Gasteiger partial charge in [-0.1, -0.05) is 24.3 Å². The maximum absolute atomic E-state index is 13.3. The fourth-order valence-corrected chi connectivity index (χ4v) is 5.05. The second kappa shape index (κ2) is 6.95. The molecule has 1 aliphatic rings. The third-order valence-electron chi connectivity index (χ3n) is 6.86. The van der Waals surface area contributed by atoms with Crippen LogP contribution in [0.4, 0.5) is 0 Å². The van der Waals surface area contributed by atoms with E-state index in [0.29, 0.717) is 33.3 Å². The molecule has 0 aliphatic heterocycles. The van der Waals surface area contributed by atoms with E-state index in [1.807, 2.05) is 34.9 Å². The third-order valence-corrected chi connectivity index (χ3v) is 6.86. The Balaban J connectivity index is 1.79. The smallest absolute Gasteiger partial charge is 0.333 e. The minimum atomic E-state index is -0.479. The number of furan rings is 1. The van der Waals surface area contributed by atoms with Crippen LogP contribution in [-0.4, -0.2) is 22.8 Å². The molecule has 0 N–H and O–H groups in total. The lowest BCUT2D eigenvalue weighted by atomic mass is 10.1. The summed E-state index contributed by atoms with van der Waals surface area (Å²) in [6.45, 7) is 0. The fourth-order valence-electron chi connectivity index (χ4n) is 5.05. The van der Waals surface area contributed by atoms with Crippen LogP contribution < -0.4 is 22.5 Å². The van der Waals surface area contributed by atoms with Gasteiger partial charge < -0.3 is 4.42 Å². The standard InChI is InChI=1S/C25H21N5O5/c1-26-20-18(21(31)27(2)24(26)33)14-10-11-15-17(12-16(14)30(20)13-8-6-5-7-9-13)35-23-19(15)22(32)28(3)25(34)29(23)4/h5-11H,12H2,1-4H3. The van der Waals surface area contributed by atoms with E-state index >= 15 is 0 Å². The monoisotopic (exact) mass is 471 g/mol. The van der Waals surface area contributed by atoms with Gasteiger partial charge in [0.1, 0.15) is 16.8 Å². The topological polar surface area (TPSA) is 106 Å². The summed E-state index contributed by atoms with van der Waals surface area (Å²) < 4.78 is 12.9. The molecule has 0 bridgehead atoms. The molecule has 1 aliphatic carbocycles. The van der Waals surface area contributed by atoms with Crippen molar-refractivity contribution < 1.29 is 4.42 Å². The summed E-state index contributed by atoms with van der Waals surface area (Å²) in [5, 5.41) is 0.710. The molecular formula is C25H21N5O5. The Kier molecular flexibility index (Phi) is 4.17. The first-order valence-corrected chi connectivity index (χ1v) is 11.0. The van der Waals surface area contributed by atoms with Gasteiger partial charge in [-0.2, -0.15) is 0 Å². The van der Waals surface area contributed by atoms with Crippen LogP contribution in [0.25, 0.3) is 40.0 Å². The molecule has 4 heterocycles. The molecule has 176 valence electrons. The molecule has 0 unspecified atom stereocenters. The number of hydrogen-bond acceptors (Lipinski definition) is 5. The van der Waals surface area contributed by atoms with Gasteiger partial charge in [-0.05, 0) is 18.2 Å². The van der Waals surface area contributed by atoms with Gasteiger partial charge in [-0.25, -0.2) is 9.59 Å². The van der Waals surface area contributed by atoms with Crippen molar-refractivity contribution in [1.82, 2.24) is 22.8 Å². The number of aryl methyl sites for hydroxylation is 2. The first kappa shape index (κ1) is 21.0. The van der Waals surface area contributed by atoms with Crippen LogP contribution in [0.5, 0.6) is 0 Å². The summed E-state index contributed by atoms with van der Waals surface area (Å²) in [7, 11) is 6.08. The van der Waals surface area contributed by atoms with Gasteiger partial charge in [0.2, 0.25) is 5.71 Å². The maximum atomic E-state index is 13.3. The van der Waals surface area contributed by atoms with Crippen LogP contribution in [0.15, 0.2) is 53.9 Å². The summed E-state index contributed by atoms with van der Waals surface area (Å²) >= 11 is 0. The Morgan fingerprint density at radius 3 is 2.00 bits per heavy atom. The van der Waals surface area contributed by atoms with Crippen LogP contribution in [0, 0.1) is 0 Å². The first-order chi connectivity index (χ1) is 16.7. The Labute approximate surface area is 196 Å². The second-order valence-electron chi connectivity index (χ2n) is 8.77. The van der Waals surface area contributed by atoms with E-state index in [1.165, 1.54) is 23.2 Å². The van der Waals surface area contributed by atoms with Crippen molar-refractivity contribution >= 4 is 34.3 Å². The Bertz CT molecular complexity index is 1990. The predicted molar refractivity (Wildman–Crippen MR) is 132 cm³/mol. The van der Waals surface area contributed by atoms with E-state index in [-0.39, 0.29) is 12.1 Å². The zero-order valence-corrected chi connectivity index (χ0v) is 19.5. The maximum Gasteiger partial charge on any atom is 0.333 e. The number of benzene rings is 1. The average Bonchev–Trinajstić information content (AvgIpc) is 3.33. The number of aromatic nitrogens is 5. The highest BCUT2D eigenvalue weighted by Gasteiger charge is 2.29. The molecule has 4 aromatic heterocycles.